The predicted octanol–water partition coefficient (Wildman–Crippen LogP) is 4.18. The minimum absolute atomic E-state index is 0.379. The monoisotopic (exact) mass is 276 g/mol. The van der Waals surface area contributed by atoms with Gasteiger partial charge in [0.15, 0.2) is 0 Å². The summed E-state index contributed by atoms with van der Waals surface area (Å²) in [5, 5.41) is 4.93. The Balaban J connectivity index is 2.01. The van der Waals surface area contributed by atoms with Gasteiger partial charge in [-0.15, -0.1) is 0 Å². The van der Waals surface area contributed by atoms with Crippen molar-refractivity contribution in [2.75, 3.05) is 12.8 Å². The number of H-pyrrole nitrogens is 1. The van der Waals surface area contributed by atoms with E-state index in [1.54, 1.807) is 0 Å². The number of benzene rings is 1. The lowest BCUT2D eigenvalue weighted by molar-refractivity contribution is 0.495. The van der Waals surface area contributed by atoms with Crippen LogP contribution in [0.15, 0.2) is 30.5 Å². The fourth-order valence-electron chi connectivity index (χ4n) is 2.58. The summed E-state index contributed by atoms with van der Waals surface area (Å²) in [4.78, 5) is 3.33. The van der Waals surface area contributed by atoms with Crippen LogP contribution in [0.3, 0.4) is 0 Å². The molecule has 0 aliphatic heterocycles. The van der Waals surface area contributed by atoms with Gasteiger partial charge in [0.2, 0.25) is 0 Å². The van der Waals surface area contributed by atoms with Crippen molar-refractivity contribution in [3.8, 4) is 0 Å². The highest BCUT2D eigenvalue weighted by Crippen LogP contribution is 2.29. The van der Waals surface area contributed by atoms with Crippen LogP contribution in [-0.4, -0.2) is 22.5 Å². The Kier molecular flexibility index (Phi) is 4.94. The second kappa shape index (κ2) is 6.49. The van der Waals surface area contributed by atoms with E-state index >= 15 is 0 Å². The first-order valence-electron chi connectivity index (χ1n) is 7.05. The summed E-state index contributed by atoms with van der Waals surface area (Å²) in [5.74, 6) is 0. The Morgan fingerprint density at radius 3 is 2.68 bits per heavy atom. The van der Waals surface area contributed by atoms with Crippen molar-refractivity contribution in [2.24, 2.45) is 0 Å². The SMILES string of the molecule is CCC(CC)(CNCc1cccc2cc[nH]c12)SC. The minimum Gasteiger partial charge on any atom is -0.361 e. The molecule has 2 rings (SSSR count). The van der Waals surface area contributed by atoms with Gasteiger partial charge in [0.1, 0.15) is 0 Å². The Morgan fingerprint density at radius 1 is 1.21 bits per heavy atom. The Labute approximate surface area is 120 Å². The number of hydrogen-bond acceptors (Lipinski definition) is 2. The second-order valence-electron chi connectivity index (χ2n) is 5.06. The van der Waals surface area contributed by atoms with Crippen molar-refractivity contribution in [2.45, 2.75) is 38.0 Å². The molecule has 0 fully saturated rings. The average Bonchev–Trinajstić information content (AvgIpc) is 2.93. The lowest BCUT2D eigenvalue weighted by Gasteiger charge is -2.30. The number of hydrogen-bond donors (Lipinski definition) is 2. The van der Waals surface area contributed by atoms with E-state index in [0.717, 1.165) is 13.1 Å². The molecule has 0 radical (unpaired) electrons. The highest BCUT2D eigenvalue weighted by atomic mass is 32.2. The highest BCUT2D eigenvalue weighted by molar-refractivity contribution is 8.00. The summed E-state index contributed by atoms with van der Waals surface area (Å²) in [5.41, 5.74) is 2.61. The van der Waals surface area contributed by atoms with Crippen LogP contribution in [0.5, 0.6) is 0 Å². The van der Waals surface area contributed by atoms with Gasteiger partial charge >= 0.3 is 0 Å². The number of aromatic nitrogens is 1. The molecule has 1 aromatic heterocycles. The zero-order chi connectivity index (χ0) is 13.7. The first kappa shape index (κ1) is 14.5. The van der Waals surface area contributed by atoms with Crippen molar-refractivity contribution in [3.63, 3.8) is 0 Å². The van der Waals surface area contributed by atoms with E-state index in [4.69, 9.17) is 0 Å². The molecule has 2 N–H and O–H groups in total. The number of fused-ring (bicyclic) bond motifs is 1. The summed E-state index contributed by atoms with van der Waals surface area (Å²) in [7, 11) is 0. The van der Waals surface area contributed by atoms with E-state index in [0.29, 0.717) is 4.75 Å². The Bertz CT molecular complexity index is 506. The number of para-hydroxylation sites is 1. The second-order valence-corrected chi connectivity index (χ2v) is 6.33. The van der Waals surface area contributed by atoms with Gasteiger partial charge in [-0.1, -0.05) is 32.0 Å². The molecule has 0 aliphatic rings. The maximum absolute atomic E-state index is 3.64. The number of thioether (sulfide) groups is 1. The molecular weight excluding hydrogens is 252 g/mol. The van der Waals surface area contributed by atoms with Crippen LogP contribution in [0.25, 0.3) is 10.9 Å². The summed E-state index contributed by atoms with van der Waals surface area (Å²) in [6, 6.07) is 8.61. The molecule has 2 nitrogen and oxygen atoms in total. The van der Waals surface area contributed by atoms with Crippen molar-refractivity contribution in [3.05, 3.63) is 36.0 Å². The minimum atomic E-state index is 0.379. The standard InChI is InChI=1S/C16H24N2S/c1-4-16(5-2,19-3)12-17-11-14-8-6-7-13-9-10-18-15(13)14/h6-10,17-18H,4-5,11-12H2,1-3H3. The number of rotatable bonds is 7. The molecule has 0 saturated heterocycles. The number of nitrogens with one attached hydrogen (secondary N) is 2. The van der Waals surface area contributed by atoms with Gasteiger partial charge in [-0.05, 0) is 36.1 Å². The molecule has 0 aliphatic carbocycles. The maximum atomic E-state index is 3.64. The molecule has 2 aromatic rings. The summed E-state index contributed by atoms with van der Waals surface area (Å²) >= 11 is 1.99. The molecule has 0 amide bonds. The third-order valence-electron chi connectivity index (χ3n) is 4.16. The van der Waals surface area contributed by atoms with Gasteiger partial charge in [0, 0.05) is 29.6 Å². The maximum Gasteiger partial charge on any atom is 0.0499 e. The predicted molar refractivity (Wildman–Crippen MR) is 86.8 cm³/mol. The lowest BCUT2D eigenvalue weighted by atomic mass is 10.0. The molecule has 0 atom stereocenters. The molecule has 0 spiro atoms. The molecule has 3 heteroatoms. The van der Waals surface area contributed by atoms with Gasteiger partial charge in [0.25, 0.3) is 0 Å². The normalized spacial score (nSPS) is 12.2. The van der Waals surface area contributed by atoms with E-state index in [1.165, 1.54) is 29.3 Å². The first-order chi connectivity index (χ1) is 9.24. The zero-order valence-corrected chi connectivity index (χ0v) is 12.9. The fourth-order valence-corrected chi connectivity index (χ4v) is 3.41. The van der Waals surface area contributed by atoms with Gasteiger partial charge in [-0.2, -0.15) is 11.8 Å². The zero-order valence-electron chi connectivity index (χ0n) is 12.1. The summed E-state index contributed by atoms with van der Waals surface area (Å²) in [6.07, 6.45) is 6.66. The van der Waals surface area contributed by atoms with Crippen LogP contribution in [0.1, 0.15) is 32.3 Å². The van der Waals surface area contributed by atoms with Crippen LogP contribution in [0.4, 0.5) is 0 Å². The topological polar surface area (TPSA) is 27.8 Å². The molecule has 1 aromatic carbocycles. The van der Waals surface area contributed by atoms with Gasteiger partial charge < -0.3 is 10.3 Å². The smallest absolute Gasteiger partial charge is 0.0499 e. The van der Waals surface area contributed by atoms with Gasteiger partial charge in [0.05, 0.1) is 0 Å². The van der Waals surface area contributed by atoms with Crippen LogP contribution in [0, 0.1) is 0 Å². The van der Waals surface area contributed by atoms with Crippen LogP contribution in [0.2, 0.25) is 0 Å². The molecule has 1 heterocycles. The molecule has 104 valence electrons. The van der Waals surface area contributed by atoms with E-state index in [1.807, 2.05) is 18.0 Å². The van der Waals surface area contributed by atoms with E-state index in [2.05, 4.69) is 54.7 Å². The van der Waals surface area contributed by atoms with Crippen molar-refractivity contribution in [1.82, 2.24) is 10.3 Å². The molecule has 0 saturated carbocycles. The fraction of sp³-hybridized carbons (Fsp3) is 0.500. The molecular formula is C16H24N2S. The Hall–Kier alpha value is -0.930. The summed E-state index contributed by atoms with van der Waals surface area (Å²) < 4.78 is 0.379. The lowest BCUT2D eigenvalue weighted by Crippen LogP contribution is -2.36. The van der Waals surface area contributed by atoms with Crippen LogP contribution in [-0.2, 0) is 6.54 Å². The van der Waals surface area contributed by atoms with E-state index in [9.17, 15) is 0 Å². The molecule has 0 bridgehead atoms. The quantitative estimate of drug-likeness (QED) is 0.794. The first-order valence-corrected chi connectivity index (χ1v) is 8.28. The van der Waals surface area contributed by atoms with Gasteiger partial charge in [-0.3, -0.25) is 0 Å². The Morgan fingerprint density at radius 2 is 2.00 bits per heavy atom. The third kappa shape index (κ3) is 3.15. The third-order valence-corrected chi connectivity index (χ3v) is 5.75. The molecule has 0 unspecified atom stereocenters. The van der Waals surface area contributed by atoms with E-state index < -0.39 is 0 Å². The largest absolute Gasteiger partial charge is 0.361 e. The van der Waals surface area contributed by atoms with Crippen LogP contribution >= 0.6 is 11.8 Å². The number of aromatic amines is 1. The average molecular weight is 276 g/mol. The highest BCUT2D eigenvalue weighted by Gasteiger charge is 2.24. The van der Waals surface area contributed by atoms with Crippen LogP contribution < -0.4 is 5.32 Å². The van der Waals surface area contributed by atoms with Crippen molar-refractivity contribution in [1.29, 1.82) is 0 Å². The van der Waals surface area contributed by atoms with Crippen molar-refractivity contribution < 1.29 is 0 Å². The van der Waals surface area contributed by atoms with E-state index in [-0.39, 0.29) is 0 Å². The molecule has 19 heavy (non-hydrogen) atoms. The van der Waals surface area contributed by atoms with Crippen molar-refractivity contribution >= 4 is 22.7 Å². The van der Waals surface area contributed by atoms with Gasteiger partial charge in [-0.25, -0.2) is 0 Å². The summed E-state index contributed by atoms with van der Waals surface area (Å²) in [6.45, 7) is 6.57.